The predicted molar refractivity (Wildman–Crippen MR) is 127 cm³/mol. The normalized spacial score (nSPS) is 18.0. The third-order valence-corrected chi connectivity index (χ3v) is 6.90. The SMILES string of the molecule is O=C(CCCc1ccc2ccccc2c1)N1CCN(C(=O)COC2CCCCCC2)CC1. The number of ether oxygens (including phenoxy) is 1. The van der Waals surface area contributed by atoms with Crippen LogP contribution in [0.15, 0.2) is 42.5 Å². The molecule has 32 heavy (non-hydrogen) atoms. The van der Waals surface area contributed by atoms with E-state index in [0.717, 1.165) is 25.7 Å². The van der Waals surface area contributed by atoms with Gasteiger partial charge in [0.1, 0.15) is 6.61 Å². The number of aryl methyl sites for hydroxylation is 1. The lowest BCUT2D eigenvalue weighted by molar-refractivity contribution is -0.144. The largest absolute Gasteiger partial charge is 0.368 e. The minimum atomic E-state index is 0.0673. The van der Waals surface area contributed by atoms with Crippen molar-refractivity contribution in [2.75, 3.05) is 32.8 Å². The highest BCUT2D eigenvalue weighted by molar-refractivity contribution is 5.83. The fraction of sp³-hybridized carbons (Fsp3) is 0.556. The van der Waals surface area contributed by atoms with Crippen LogP contribution in [0.2, 0.25) is 0 Å². The first-order valence-corrected chi connectivity index (χ1v) is 12.3. The fourth-order valence-corrected chi connectivity index (χ4v) is 4.89. The van der Waals surface area contributed by atoms with Crippen molar-refractivity contribution in [3.8, 4) is 0 Å². The third-order valence-electron chi connectivity index (χ3n) is 6.90. The van der Waals surface area contributed by atoms with Crippen molar-refractivity contribution >= 4 is 22.6 Å². The molecule has 172 valence electrons. The number of piperazine rings is 1. The zero-order chi connectivity index (χ0) is 22.2. The van der Waals surface area contributed by atoms with Gasteiger partial charge in [-0.2, -0.15) is 0 Å². The van der Waals surface area contributed by atoms with E-state index in [2.05, 4.69) is 42.5 Å². The maximum atomic E-state index is 12.6. The van der Waals surface area contributed by atoms with Gasteiger partial charge in [0, 0.05) is 32.6 Å². The first kappa shape index (κ1) is 22.8. The summed E-state index contributed by atoms with van der Waals surface area (Å²) in [6.07, 6.45) is 9.71. The Balaban J connectivity index is 1.15. The second kappa shape index (κ2) is 11.5. The fourth-order valence-electron chi connectivity index (χ4n) is 4.89. The summed E-state index contributed by atoms with van der Waals surface area (Å²) in [6.45, 7) is 2.67. The molecule has 0 atom stereocenters. The zero-order valence-electron chi connectivity index (χ0n) is 19.1. The van der Waals surface area contributed by atoms with Gasteiger partial charge in [-0.3, -0.25) is 9.59 Å². The van der Waals surface area contributed by atoms with Gasteiger partial charge in [-0.25, -0.2) is 0 Å². The highest BCUT2D eigenvalue weighted by Gasteiger charge is 2.24. The topological polar surface area (TPSA) is 49.9 Å². The number of nitrogens with zero attached hydrogens (tertiary/aromatic N) is 2. The second-order valence-corrected chi connectivity index (χ2v) is 9.22. The molecular formula is C27H36N2O3. The third kappa shape index (κ3) is 6.32. The van der Waals surface area contributed by atoms with Crippen molar-refractivity contribution in [3.05, 3.63) is 48.0 Å². The van der Waals surface area contributed by atoms with Crippen LogP contribution in [0, 0.1) is 0 Å². The van der Waals surface area contributed by atoms with Crippen LogP contribution in [0.25, 0.3) is 10.8 Å². The number of hydrogen-bond donors (Lipinski definition) is 0. The number of amides is 2. The molecule has 0 radical (unpaired) electrons. The van der Waals surface area contributed by atoms with Crippen molar-refractivity contribution in [3.63, 3.8) is 0 Å². The second-order valence-electron chi connectivity index (χ2n) is 9.22. The Hall–Kier alpha value is -2.40. The Kier molecular flexibility index (Phi) is 8.16. The van der Waals surface area contributed by atoms with Crippen LogP contribution in [0.1, 0.15) is 56.9 Å². The first-order chi connectivity index (χ1) is 15.7. The van der Waals surface area contributed by atoms with Gasteiger partial charge in [-0.1, -0.05) is 68.1 Å². The van der Waals surface area contributed by atoms with Crippen molar-refractivity contribution in [2.24, 2.45) is 0 Å². The molecule has 1 heterocycles. The summed E-state index contributed by atoms with van der Waals surface area (Å²) in [5.74, 6) is 0.269. The van der Waals surface area contributed by atoms with Crippen LogP contribution in [0.4, 0.5) is 0 Å². The number of fused-ring (bicyclic) bond motifs is 1. The highest BCUT2D eigenvalue weighted by Crippen LogP contribution is 2.20. The summed E-state index contributed by atoms with van der Waals surface area (Å²) in [7, 11) is 0. The summed E-state index contributed by atoms with van der Waals surface area (Å²) >= 11 is 0. The molecule has 1 saturated carbocycles. The van der Waals surface area contributed by atoms with Gasteiger partial charge in [0.05, 0.1) is 6.10 Å². The van der Waals surface area contributed by atoms with Crippen LogP contribution in [0.5, 0.6) is 0 Å². The minimum Gasteiger partial charge on any atom is -0.368 e. The summed E-state index contributed by atoms with van der Waals surface area (Å²) in [4.78, 5) is 28.9. The molecule has 0 N–H and O–H groups in total. The molecule has 0 bridgehead atoms. The predicted octanol–water partition coefficient (Wildman–Crippen LogP) is 4.57. The van der Waals surface area contributed by atoms with Crippen LogP contribution in [-0.2, 0) is 20.7 Å². The number of carbonyl (C=O) groups excluding carboxylic acids is 2. The van der Waals surface area contributed by atoms with Gasteiger partial charge in [-0.15, -0.1) is 0 Å². The van der Waals surface area contributed by atoms with Crippen molar-refractivity contribution in [2.45, 2.75) is 63.9 Å². The van der Waals surface area contributed by atoms with Gasteiger partial charge in [0.15, 0.2) is 0 Å². The van der Waals surface area contributed by atoms with E-state index < -0.39 is 0 Å². The van der Waals surface area contributed by atoms with Gasteiger partial charge < -0.3 is 14.5 Å². The molecule has 1 aliphatic carbocycles. The van der Waals surface area contributed by atoms with E-state index in [-0.39, 0.29) is 24.5 Å². The van der Waals surface area contributed by atoms with Crippen molar-refractivity contribution in [1.82, 2.24) is 9.80 Å². The van der Waals surface area contributed by atoms with E-state index in [9.17, 15) is 9.59 Å². The minimum absolute atomic E-state index is 0.0673. The molecular weight excluding hydrogens is 400 g/mol. The maximum Gasteiger partial charge on any atom is 0.248 e. The first-order valence-electron chi connectivity index (χ1n) is 12.3. The Morgan fingerprint density at radius 1 is 0.812 bits per heavy atom. The summed E-state index contributed by atoms with van der Waals surface area (Å²) in [5.41, 5.74) is 1.28. The van der Waals surface area contributed by atoms with Gasteiger partial charge in [0.25, 0.3) is 0 Å². The van der Waals surface area contributed by atoms with Gasteiger partial charge >= 0.3 is 0 Å². The van der Waals surface area contributed by atoms with Crippen molar-refractivity contribution in [1.29, 1.82) is 0 Å². The summed E-state index contributed by atoms with van der Waals surface area (Å²) in [5, 5.41) is 2.50. The summed E-state index contributed by atoms with van der Waals surface area (Å²) < 4.78 is 5.90. The van der Waals surface area contributed by atoms with Crippen LogP contribution in [-0.4, -0.2) is 60.5 Å². The van der Waals surface area contributed by atoms with E-state index in [1.54, 1.807) is 0 Å². The molecule has 0 aromatic heterocycles. The average Bonchev–Trinajstić information content (AvgIpc) is 3.11. The number of rotatable bonds is 7. The Morgan fingerprint density at radius 3 is 2.19 bits per heavy atom. The van der Waals surface area contributed by atoms with Crippen LogP contribution < -0.4 is 0 Å². The van der Waals surface area contributed by atoms with Gasteiger partial charge in [-0.05, 0) is 42.0 Å². The van der Waals surface area contributed by atoms with E-state index in [1.807, 2.05) is 9.80 Å². The molecule has 2 aliphatic rings. The van der Waals surface area contributed by atoms with Crippen LogP contribution in [0.3, 0.4) is 0 Å². The molecule has 2 amide bonds. The van der Waals surface area contributed by atoms with Crippen molar-refractivity contribution < 1.29 is 14.3 Å². The lowest BCUT2D eigenvalue weighted by Gasteiger charge is -2.35. The van der Waals surface area contributed by atoms with E-state index in [0.29, 0.717) is 32.6 Å². The van der Waals surface area contributed by atoms with E-state index >= 15 is 0 Å². The number of carbonyl (C=O) groups is 2. The quantitative estimate of drug-likeness (QED) is 0.597. The lowest BCUT2D eigenvalue weighted by atomic mass is 10.0. The maximum absolute atomic E-state index is 12.6. The molecule has 5 heteroatoms. The Morgan fingerprint density at radius 2 is 1.47 bits per heavy atom. The smallest absolute Gasteiger partial charge is 0.248 e. The zero-order valence-corrected chi connectivity index (χ0v) is 19.1. The standard InChI is InChI=1S/C27H36N2O3/c30-26(13-7-8-22-14-15-23-9-5-6-10-24(23)20-22)28-16-18-29(19-17-28)27(31)21-32-25-11-3-1-2-4-12-25/h5-6,9-10,14-15,20,25H,1-4,7-8,11-13,16-19,21H2. The van der Waals surface area contributed by atoms with Crippen LogP contribution >= 0.6 is 0 Å². The lowest BCUT2D eigenvalue weighted by Crippen LogP contribution is -2.51. The molecule has 5 nitrogen and oxygen atoms in total. The number of benzene rings is 2. The highest BCUT2D eigenvalue weighted by atomic mass is 16.5. The molecule has 1 saturated heterocycles. The molecule has 2 aromatic rings. The molecule has 4 rings (SSSR count). The van der Waals surface area contributed by atoms with E-state index in [1.165, 1.54) is 42.0 Å². The number of hydrogen-bond acceptors (Lipinski definition) is 3. The average molecular weight is 437 g/mol. The molecule has 2 fully saturated rings. The molecule has 2 aromatic carbocycles. The van der Waals surface area contributed by atoms with E-state index in [4.69, 9.17) is 4.74 Å². The Labute approximate surface area is 191 Å². The van der Waals surface area contributed by atoms with Gasteiger partial charge in [0.2, 0.25) is 11.8 Å². The molecule has 0 spiro atoms. The monoisotopic (exact) mass is 436 g/mol. The Bertz CT molecular complexity index is 897. The molecule has 1 aliphatic heterocycles. The summed E-state index contributed by atoms with van der Waals surface area (Å²) in [6, 6.07) is 14.9. The molecule has 0 unspecified atom stereocenters.